The molecule has 0 bridgehead atoms. The molecule has 0 aromatic rings. The van der Waals surface area contributed by atoms with Crippen molar-refractivity contribution < 1.29 is 14.3 Å². The summed E-state index contributed by atoms with van der Waals surface area (Å²) in [4.78, 5) is 22.1. The maximum Gasteiger partial charge on any atom is 0.318 e. The van der Waals surface area contributed by atoms with E-state index in [4.69, 9.17) is 16.2 Å². The van der Waals surface area contributed by atoms with Crippen molar-refractivity contribution in [2.45, 2.75) is 12.8 Å². The molecule has 1 rings (SSSR count). The molecule has 6 nitrogen and oxygen atoms in total. The molecule has 0 aromatic heterocycles. The Bertz CT molecular complexity index is 236. The summed E-state index contributed by atoms with van der Waals surface area (Å²) in [6.45, 7) is 1.18. The van der Waals surface area contributed by atoms with Gasteiger partial charge in [-0.05, 0) is 12.8 Å². The Kier molecular flexibility index (Phi) is 3.43. The maximum absolute atomic E-state index is 11.6. The number of hydrogen-bond acceptors (Lipinski definition) is 4. The third-order valence-electron chi connectivity index (χ3n) is 2.56. The van der Waals surface area contributed by atoms with Gasteiger partial charge in [0.1, 0.15) is 0 Å². The number of nitrogens with two attached hydrogens (primary N) is 2. The maximum atomic E-state index is 11.6. The van der Waals surface area contributed by atoms with Crippen molar-refractivity contribution in [3.63, 3.8) is 0 Å². The molecule has 0 radical (unpaired) electrons. The van der Waals surface area contributed by atoms with Crippen LogP contribution in [-0.4, -0.2) is 31.7 Å². The normalized spacial score (nSPS) is 20.1. The van der Waals surface area contributed by atoms with E-state index in [0.29, 0.717) is 26.1 Å². The van der Waals surface area contributed by atoms with Crippen molar-refractivity contribution in [1.29, 1.82) is 0 Å². The molecule has 0 aromatic carbocycles. The van der Waals surface area contributed by atoms with E-state index in [9.17, 15) is 9.59 Å². The van der Waals surface area contributed by atoms with Crippen molar-refractivity contribution in [2.24, 2.45) is 16.9 Å². The van der Waals surface area contributed by atoms with Crippen molar-refractivity contribution in [2.75, 3.05) is 19.8 Å². The molecule has 5 N–H and O–H groups in total. The van der Waals surface area contributed by atoms with E-state index in [0.717, 1.165) is 0 Å². The van der Waals surface area contributed by atoms with Crippen LogP contribution < -0.4 is 16.8 Å². The van der Waals surface area contributed by atoms with E-state index in [2.05, 4.69) is 5.32 Å². The number of carbonyl (C=O) groups excluding carboxylic acids is 2. The lowest BCUT2D eigenvalue weighted by Crippen LogP contribution is -2.51. The zero-order valence-corrected chi connectivity index (χ0v) is 7.91. The zero-order valence-electron chi connectivity index (χ0n) is 7.91. The van der Waals surface area contributed by atoms with Gasteiger partial charge in [-0.3, -0.25) is 10.1 Å². The van der Waals surface area contributed by atoms with E-state index in [-0.39, 0.29) is 6.54 Å². The van der Waals surface area contributed by atoms with Gasteiger partial charge in [0.25, 0.3) is 0 Å². The van der Waals surface area contributed by atoms with Crippen LogP contribution in [0.3, 0.4) is 0 Å². The molecule has 0 spiro atoms. The minimum absolute atomic E-state index is 0.204. The van der Waals surface area contributed by atoms with Gasteiger partial charge in [0.2, 0.25) is 5.91 Å². The zero-order chi connectivity index (χ0) is 10.6. The Morgan fingerprint density at radius 1 is 1.36 bits per heavy atom. The first-order chi connectivity index (χ1) is 6.60. The van der Waals surface area contributed by atoms with Crippen LogP contribution in [0, 0.1) is 5.41 Å². The number of amides is 3. The Labute approximate surface area is 82.0 Å². The minimum atomic E-state index is -0.839. The molecule has 1 aliphatic heterocycles. The first kappa shape index (κ1) is 10.9. The lowest BCUT2D eigenvalue weighted by Gasteiger charge is -2.33. The highest BCUT2D eigenvalue weighted by Crippen LogP contribution is 2.29. The average molecular weight is 201 g/mol. The Morgan fingerprint density at radius 2 is 1.93 bits per heavy atom. The summed E-state index contributed by atoms with van der Waals surface area (Å²) >= 11 is 0. The molecule has 1 fully saturated rings. The highest BCUT2D eigenvalue weighted by atomic mass is 16.5. The number of hydrogen-bond donors (Lipinski definition) is 3. The van der Waals surface area contributed by atoms with Gasteiger partial charge in [0, 0.05) is 19.8 Å². The molecule has 14 heavy (non-hydrogen) atoms. The van der Waals surface area contributed by atoms with E-state index >= 15 is 0 Å². The second kappa shape index (κ2) is 4.39. The highest BCUT2D eigenvalue weighted by molar-refractivity contribution is 5.96. The highest BCUT2D eigenvalue weighted by Gasteiger charge is 2.39. The first-order valence-corrected chi connectivity index (χ1v) is 4.49. The lowest BCUT2D eigenvalue weighted by molar-refractivity contribution is -0.134. The molecule has 80 valence electrons. The summed E-state index contributed by atoms with van der Waals surface area (Å²) in [7, 11) is 0. The van der Waals surface area contributed by atoms with Crippen LogP contribution in [-0.2, 0) is 9.53 Å². The lowest BCUT2D eigenvalue weighted by atomic mass is 9.79. The fourth-order valence-corrected chi connectivity index (χ4v) is 1.53. The SMILES string of the molecule is NCC1(C(=O)NC(N)=O)CCOCC1. The van der Waals surface area contributed by atoms with E-state index in [1.54, 1.807) is 0 Å². The number of nitrogens with one attached hydrogen (secondary N) is 1. The van der Waals surface area contributed by atoms with Crippen molar-refractivity contribution >= 4 is 11.9 Å². The Morgan fingerprint density at radius 3 is 2.36 bits per heavy atom. The van der Waals surface area contributed by atoms with Gasteiger partial charge in [-0.15, -0.1) is 0 Å². The predicted molar refractivity (Wildman–Crippen MR) is 49.3 cm³/mol. The first-order valence-electron chi connectivity index (χ1n) is 4.49. The van der Waals surface area contributed by atoms with Gasteiger partial charge >= 0.3 is 6.03 Å². The van der Waals surface area contributed by atoms with E-state index in [1.807, 2.05) is 0 Å². The van der Waals surface area contributed by atoms with Gasteiger partial charge in [-0.25, -0.2) is 4.79 Å². The quantitative estimate of drug-likeness (QED) is 0.529. The van der Waals surface area contributed by atoms with Crippen molar-refractivity contribution in [1.82, 2.24) is 5.32 Å². The third-order valence-corrected chi connectivity index (χ3v) is 2.56. The second-order valence-corrected chi connectivity index (χ2v) is 3.42. The molecule has 0 unspecified atom stereocenters. The average Bonchev–Trinajstić information content (AvgIpc) is 2.18. The van der Waals surface area contributed by atoms with Crippen LogP contribution in [0.4, 0.5) is 4.79 Å². The van der Waals surface area contributed by atoms with Crippen LogP contribution in [0.2, 0.25) is 0 Å². The topological polar surface area (TPSA) is 107 Å². The molecule has 6 heteroatoms. The number of carbonyl (C=O) groups is 2. The standard InChI is InChI=1S/C8H15N3O3/c9-5-8(1-3-14-4-2-8)6(12)11-7(10)13/h1-5,9H2,(H3,10,11,12,13). The number of ether oxygens (including phenoxy) is 1. The van der Waals surface area contributed by atoms with Gasteiger partial charge in [-0.1, -0.05) is 0 Å². The number of primary amides is 1. The van der Waals surface area contributed by atoms with Gasteiger partial charge in [-0.2, -0.15) is 0 Å². The molecule has 1 aliphatic rings. The molecule has 0 saturated carbocycles. The molecule has 0 atom stereocenters. The van der Waals surface area contributed by atoms with Gasteiger partial charge < -0.3 is 16.2 Å². The van der Waals surface area contributed by atoms with Crippen molar-refractivity contribution in [3.05, 3.63) is 0 Å². The Balaban J connectivity index is 2.67. The summed E-state index contributed by atoms with van der Waals surface area (Å²) in [5.41, 5.74) is 9.73. The second-order valence-electron chi connectivity index (χ2n) is 3.42. The summed E-state index contributed by atoms with van der Waals surface area (Å²) in [6.07, 6.45) is 1.06. The molecule has 0 aliphatic carbocycles. The molecular weight excluding hydrogens is 186 g/mol. The number of imide groups is 1. The number of rotatable bonds is 2. The molecule has 1 heterocycles. The monoisotopic (exact) mass is 201 g/mol. The van der Waals surface area contributed by atoms with Gasteiger partial charge in [0.05, 0.1) is 5.41 Å². The van der Waals surface area contributed by atoms with Gasteiger partial charge in [0.15, 0.2) is 0 Å². The number of urea groups is 1. The predicted octanol–water partition coefficient (Wildman–Crippen LogP) is -1.06. The van der Waals surface area contributed by atoms with Crippen LogP contribution in [0.5, 0.6) is 0 Å². The van der Waals surface area contributed by atoms with E-state index in [1.165, 1.54) is 0 Å². The summed E-state index contributed by atoms with van der Waals surface area (Å²) < 4.78 is 5.13. The Hall–Kier alpha value is -1.14. The largest absolute Gasteiger partial charge is 0.381 e. The summed E-state index contributed by atoms with van der Waals surface area (Å²) in [6, 6.07) is -0.839. The summed E-state index contributed by atoms with van der Waals surface area (Å²) in [5, 5.41) is 2.07. The third kappa shape index (κ3) is 2.21. The van der Waals surface area contributed by atoms with Crippen LogP contribution in [0.1, 0.15) is 12.8 Å². The smallest absolute Gasteiger partial charge is 0.318 e. The van der Waals surface area contributed by atoms with E-state index < -0.39 is 17.4 Å². The molecular formula is C8H15N3O3. The van der Waals surface area contributed by atoms with Crippen LogP contribution >= 0.6 is 0 Å². The van der Waals surface area contributed by atoms with Crippen LogP contribution in [0.25, 0.3) is 0 Å². The fraction of sp³-hybridized carbons (Fsp3) is 0.750. The van der Waals surface area contributed by atoms with Crippen molar-refractivity contribution in [3.8, 4) is 0 Å². The molecule has 3 amide bonds. The fourth-order valence-electron chi connectivity index (χ4n) is 1.53. The minimum Gasteiger partial charge on any atom is -0.381 e. The summed E-state index contributed by atoms with van der Waals surface area (Å²) in [5.74, 6) is -0.393. The van der Waals surface area contributed by atoms with Crippen LogP contribution in [0.15, 0.2) is 0 Å². The molecule has 1 saturated heterocycles.